The Hall–Kier alpha value is -3.09. The molecule has 0 atom stereocenters. The number of methoxy groups -OCH3 is 1. The number of anilines is 1. The van der Waals surface area contributed by atoms with Gasteiger partial charge >= 0.3 is 0 Å². The normalized spacial score (nSPS) is 28.8. The zero-order valence-corrected chi connectivity index (χ0v) is 21.1. The lowest BCUT2D eigenvalue weighted by molar-refractivity contribution is -0.146. The molecule has 1 saturated heterocycles. The maximum Gasteiger partial charge on any atom is 0.253 e. The molecule has 2 heterocycles. The summed E-state index contributed by atoms with van der Waals surface area (Å²) in [5.41, 5.74) is 2.63. The third-order valence-electron chi connectivity index (χ3n) is 9.06. The first kappa shape index (κ1) is 23.3. The Morgan fingerprint density at radius 1 is 0.972 bits per heavy atom. The van der Waals surface area contributed by atoms with Crippen LogP contribution in [0.1, 0.15) is 54.4 Å². The summed E-state index contributed by atoms with van der Waals surface area (Å²) in [7, 11) is 1.65. The van der Waals surface area contributed by atoms with E-state index in [0.717, 1.165) is 67.1 Å². The molecule has 4 saturated carbocycles. The Bertz CT molecular complexity index is 1090. The topological polar surface area (TPSA) is 74.8 Å². The van der Waals surface area contributed by atoms with E-state index in [1.165, 1.54) is 19.3 Å². The maximum atomic E-state index is 13.2. The lowest BCUT2D eigenvalue weighted by atomic mass is 9.49. The first-order valence-electron chi connectivity index (χ1n) is 13.4. The lowest BCUT2D eigenvalue weighted by Crippen LogP contribution is -2.53. The van der Waals surface area contributed by atoms with Gasteiger partial charge in [-0.1, -0.05) is 12.1 Å². The quantitative estimate of drug-likeness (QED) is 0.668. The fraction of sp³-hybridized carbons (Fsp3) is 0.552. The van der Waals surface area contributed by atoms with E-state index in [0.29, 0.717) is 25.2 Å². The Kier molecular flexibility index (Phi) is 6.10. The van der Waals surface area contributed by atoms with E-state index >= 15 is 0 Å². The van der Waals surface area contributed by atoms with E-state index < -0.39 is 0 Å². The summed E-state index contributed by atoms with van der Waals surface area (Å²) in [6, 6.07) is 9.70. The van der Waals surface area contributed by atoms with Crippen molar-refractivity contribution in [1.29, 1.82) is 0 Å². The lowest BCUT2D eigenvalue weighted by Gasteiger charge is -2.55. The Morgan fingerprint density at radius 3 is 2.22 bits per heavy atom. The van der Waals surface area contributed by atoms with Gasteiger partial charge in [0.15, 0.2) is 5.75 Å². The number of nitrogens with zero attached hydrogens (tertiary/aromatic N) is 3. The number of piperazine rings is 1. The van der Waals surface area contributed by atoms with E-state index in [-0.39, 0.29) is 17.2 Å². The van der Waals surface area contributed by atoms with Gasteiger partial charge in [0.1, 0.15) is 0 Å². The number of rotatable bonds is 6. The van der Waals surface area contributed by atoms with Crippen LogP contribution in [-0.2, 0) is 11.3 Å². The number of ether oxygens (including phenoxy) is 1. The van der Waals surface area contributed by atoms with Crippen LogP contribution in [0.15, 0.2) is 42.7 Å². The monoisotopic (exact) mass is 488 g/mol. The Morgan fingerprint density at radius 2 is 1.61 bits per heavy atom. The van der Waals surface area contributed by atoms with Crippen molar-refractivity contribution in [2.24, 2.45) is 23.2 Å². The summed E-state index contributed by atoms with van der Waals surface area (Å²) in [6.07, 6.45) is 10.8. The van der Waals surface area contributed by atoms with Gasteiger partial charge in [0.05, 0.1) is 19.0 Å². The highest BCUT2D eigenvalue weighted by Gasteiger charge is 2.54. The van der Waals surface area contributed by atoms with Gasteiger partial charge in [0.2, 0.25) is 5.91 Å². The molecule has 5 fully saturated rings. The van der Waals surface area contributed by atoms with Gasteiger partial charge in [-0.3, -0.25) is 14.6 Å². The molecule has 2 amide bonds. The molecule has 5 aliphatic rings. The Balaban J connectivity index is 1.02. The van der Waals surface area contributed by atoms with E-state index in [9.17, 15) is 9.59 Å². The Labute approximate surface area is 213 Å². The zero-order chi connectivity index (χ0) is 24.7. The van der Waals surface area contributed by atoms with Crippen molar-refractivity contribution in [1.82, 2.24) is 15.2 Å². The molecule has 36 heavy (non-hydrogen) atoms. The molecule has 4 aliphatic carbocycles. The minimum Gasteiger partial charge on any atom is -0.493 e. The van der Waals surface area contributed by atoms with Crippen LogP contribution in [0.4, 0.5) is 5.69 Å². The fourth-order valence-corrected chi connectivity index (χ4v) is 7.65. The smallest absolute Gasteiger partial charge is 0.253 e. The van der Waals surface area contributed by atoms with Crippen molar-refractivity contribution >= 4 is 17.5 Å². The molecule has 4 bridgehead atoms. The van der Waals surface area contributed by atoms with Crippen LogP contribution in [0.3, 0.4) is 0 Å². The van der Waals surface area contributed by atoms with Gasteiger partial charge < -0.3 is 19.9 Å². The second kappa shape index (κ2) is 9.41. The number of pyridine rings is 1. The molecule has 1 aromatic carbocycles. The number of benzene rings is 1. The zero-order valence-electron chi connectivity index (χ0n) is 21.1. The fourth-order valence-electron chi connectivity index (χ4n) is 7.65. The summed E-state index contributed by atoms with van der Waals surface area (Å²) in [6.45, 7) is 3.35. The number of carbonyl (C=O) groups excluding carboxylic acids is 2. The molecule has 0 spiro atoms. The molecule has 1 N–H and O–H groups in total. The minimum absolute atomic E-state index is 0.0560. The number of hydrogen-bond acceptors (Lipinski definition) is 5. The molecular weight excluding hydrogens is 452 g/mol. The average Bonchev–Trinajstić information content (AvgIpc) is 2.91. The summed E-state index contributed by atoms with van der Waals surface area (Å²) in [5.74, 6) is 3.36. The highest BCUT2D eigenvalue weighted by molar-refractivity contribution is 5.94. The number of carbonyl (C=O) groups is 2. The van der Waals surface area contributed by atoms with Crippen molar-refractivity contribution in [2.75, 3.05) is 38.2 Å². The number of nitrogens with one attached hydrogen (secondary N) is 1. The van der Waals surface area contributed by atoms with Gasteiger partial charge in [-0.05, 0) is 80.0 Å². The van der Waals surface area contributed by atoms with Gasteiger partial charge in [-0.15, -0.1) is 0 Å². The van der Waals surface area contributed by atoms with Crippen LogP contribution in [0, 0.1) is 23.2 Å². The second-order valence-electron chi connectivity index (χ2n) is 11.4. The largest absolute Gasteiger partial charge is 0.493 e. The number of amides is 2. The molecule has 1 aliphatic heterocycles. The predicted octanol–water partition coefficient (Wildman–Crippen LogP) is 3.89. The highest BCUT2D eigenvalue weighted by atomic mass is 16.5. The second-order valence-corrected chi connectivity index (χ2v) is 11.4. The average molecular weight is 489 g/mol. The van der Waals surface area contributed by atoms with Crippen molar-refractivity contribution in [2.45, 2.75) is 45.1 Å². The van der Waals surface area contributed by atoms with Crippen LogP contribution in [-0.4, -0.2) is 55.0 Å². The van der Waals surface area contributed by atoms with Crippen LogP contribution in [0.2, 0.25) is 0 Å². The molecule has 7 nitrogen and oxygen atoms in total. The minimum atomic E-state index is -0.118. The predicted molar refractivity (Wildman–Crippen MR) is 138 cm³/mol. The molecule has 0 radical (unpaired) electrons. The van der Waals surface area contributed by atoms with Crippen molar-refractivity contribution in [3.8, 4) is 5.75 Å². The first-order chi connectivity index (χ1) is 17.5. The third-order valence-corrected chi connectivity index (χ3v) is 9.06. The van der Waals surface area contributed by atoms with Gasteiger partial charge in [0.25, 0.3) is 5.91 Å². The summed E-state index contributed by atoms with van der Waals surface area (Å²) >= 11 is 0. The van der Waals surface area contributed by atoms with Crippen LogP contribution < -0.4 is 15.0 Å². The van der Waals surface area contributed by atoms with Crippen molar-refractivity contribution in [3.05, 3.63) is 53.9 Å². The van der Waals surface area contributed by atoms with E-state index in [1.807, 2.05) is 35.2 Å². The van der Waals surface area contributed by atoms with Gasteiger partial charge in [-0.25, -0.2) is 0 Å². The number of aromatic nitrogens is 1. The van der Waals surface area contributed by atoms with Crippen molar-refractivity contribution in [3.63, 3.8) is 0 Å². The van der Waals surface area contributed by atoms with Crippen LogP contribution >= 0.6 is 0 Å². The molecule has 2 aromatic rings. The first-order valence-corrected chi connectivity index (χ1v) is 13.4. The van der Waals surface area contributed by atoms with Crippen LogP contribution in [0.25, 0.3) is 0 Å². The highest BCUT2D eigenvalue weighted by Crippen LogP contribution is 2.60. The van der Waals surface area contributed by atoms with E-state index in [1.54, 1.807) is 19.5 Å². The van der Waals surface area contributed by atoms with Crippen molar-refractivity contribution < 1.29 is 14.3 Å². The van der Waals surface area contributed by atoms with Gasteiger partial charge in [-0.2, -0.15) is 0 Å². The molecule has 190 valence electrons. The standard InChI is InChI=1S/C29H36N4O3/c1-36-26-19-30-7-6-25(26)32-8-10-33(11-9-32)27(34)24-4-2-20(3-5-24)18-31-28(35)29-15-21-12-22(16-29)14-23(13-21)17-29/h2-7,19,21-23H,8-18H2,1H3,(H,31,35). The van der Waals surface area contributed by atoms with Gasteiger partial charge in [0, 0.05) is 49.9 Å². The maximum absolute atomic E-state index is 13.2. The third kappa shape index (κ3) is 4.33. The molecular formula is C29H36N4O3. The van der Waals surface area contributed by atoms with Crippen LogP contribution in [0.5, 0.6) is 5.75 Å². The molecule has 0 unspecified atom stereocenters. The van der Waals surface area contributed by atoms with E-state index in [2.05, 4.69) is 15.2 Å². The summed E-state index contributed by atoms with van der Waals surface area (Å²) < 4.78 is 5.44. The molecule has 1 aromatic heterocycles. The van der Waals surface area contributed by atoms with E-state index in [4.69, 9.17) is 4.74 Å². The number of hydrogen-bond donors (Lipinski definition) is 1. The SMILES string of the molecule is COc1cnccc1N1CCN(C(=O)c2ccc(CNC(=O)C34CC5CC(CC(C5)C3)C4)cc2)CC1. The molecule has 7 heteroatoms. The molecule has 7 rings (SSSR count). The summed E-state index contributed by atoms with van der Waals surface area (Å²) in [4.78, 5) is 34.6. The summed E-state index contributed by atoms with van der Waals surface area (Å²) in [5, 5.41) is 3.24.